The van der Waals surface area contributed by atoms with Crippen LogP contribution in [0.1, 0.15) is 11.5 Å². The zero-order valence-electron chi connectivity index (χ0n) is 10.6. The molecule has 1 unspecified atom stereocenters. The molecule has 1 aromatic carbocycles. The van der Waals surface area contributed by atoms with E-state index in [9.17, 15) is 18.0 Å². The van der Waals surface area contributed by atoms with Crippen molar-refractivity contribution in [3.05, 3.63) is 29.8 Å². The highest BCUT2D eigenvalue weighted by molar-refractivity contribution is 7.93. The van der Waals surface area contributed by atoms with Crippen molar-refractivity contribution < 1.29 is 27.9 Å². The maximum Gasteiger partial charge on any atom is 0.322 e. The molecule has 1 heterocycles. The first-order valence-electron chi connectivity index (χ1n) is 5.76. The van der Waals surface area contributed by atoms with E-state index in [-0.39, 0.29) is 6.54 Å². The van der Waals surface area contributed by atoms with Crippen LogP contribution in [-0.4, -0.2) is 44.9 Å². The summed E-state index contributed by atoms with van der Waals surface area (Å²) < 4.78 is 29.6. The maximum atomic E-state index is 12.2. The highest BCUT2D eigenvalue weighted by Crippen LogP contribution is 2.37. The van der Waals surface area contributed by atoms with Gasteiger partial charge in [-0.1, -0.05) is 18.2 Å². The molecule has 0 saturated heterocycles. The molecule has 1 atom stereocenters. The van der Waals surface area contributed by atoms with Gasteiger partial charge in [0, 0.05) is 0 Å². The summed E-state index contributed by atoms with van der Waals surface area (Å²) in [6, 6.07) is 6.35. The molecule has 1 aliphatic heterocycles. The van der Waals surface area contributed by atoms with Gasteiger partial charge in [-0.05, 0) is 11.6 Å². The third kappa shape index (κ3) is 2.46. The number of carbonyl (C=O) groups is 2. The van der Waals surface area contributed by atoms with E-state index >= 15 is 0 Å². The van der Waals surface area contributed by atoms with Crippen molar-refractivity contribution in [2.75, 3.05) is 23.7 Å². The van der Waals surface area contributed by atoms with Gasteiger partial charge in [-0.2, -0.15) is 0 Å². The number of esters is 1. The third-order valence-electron chi connectivity index (χ3n) is 3.09. The normalized spacial score (nSPS) is 17.6. The average Bonchev–Trinajstić information content (AvgIpc) is 2.78. The number of carbonyl (C=O) groups excluding carboxylic acids is 1. The predicted molar refractivity (Wildman–Crippen MR) is 70.0 cm³/mol. The van der Waals surface area contributed by atoms with Crippen molar-refractivity contribution in [1.82, 2.24) is 0 Å². The standard InChI is InChI=1S/C12H13NO6S/c1-19-11(14)7-20(17,18)13-6-9(12(15)16)8-4-2-3-5-10(8)13/h2-5,9H,6-7H2,1H3,(H,15,16). The lowest BCUT2D eigenvalue weighted by molar-refractivity contribution is -0.138. The number of sulfonamides is 1. The first-order valence-corrected chi connectivity index (χ1v) is 7.36. The summed E-state index contributed by atoms with van der Waals surface area (Å²) in [6.07, 6.45) is 0. The van der Waals surface area contributed by atoms with Gasteiger partial charge in [-0.15, -0.1) is 0 Å². The predicted octanol–water partition coefficient (Wildman–Crippen LogP) is 0.178. The lowest BCUT2D eigenvalue weighted by Gasteiger charge is -2.18. The van der Waals surface area contributed by atoms with Crippen LogP contribution in [0.25, 0.3) is 0 Å². The maximum absolute atomic E-state index is 12.2. The molecule has 1 aliphatic rings. The Labute approximate surface area is 115 Å². The molecule has 2 rings (SSSR count). The largest absolute Gasteiger partial charge is 0.481 e. The molecular formula is C12H13NO6S. The first-order chi connectivity index (χ1) is 9.36. The van der Waals surface area contributed by atoms with E-state index in [1.807, 2.05) is 0 Å². The van der Waals surface area contributed by atoms with Crippen LogP contribution in [0.3, 0.4) is 0 Å². The number of benzene rings is 1. The molecule has 0 aliphatic carbocycles. The number of ether oxygens (including phenoxy) is 1. The molecule has 1 aromatic rings. The third-order valence-corrected chi connectivity index (χ3v) is 4.71. The topological polar surface area (TPSA) is 101 Å². The summed E-state index contributed by atoms with van der Waals surface area (Å²) in [5.41, 5.74) is 0.720. The van der Waals surface area contributed by atoms with Crippen molar-refractivity contribution in [1.29, 1.82) is 0 Å². The van der Waals surface area contributed by atoms with Gasteiger partial charge in [-0.3, -0.25) is 13.9 Å². The van der Waals surface area contributed by atoms with E-state index in [0.29, 0.717) is 11.3 Å². The number of methoxy groups -OCH3 is 1. The first kappa shape index (κ1) is 14.3. The molecule has 0 amide bonds. The molecule has 108 valence electrons. The lowest BCUT2D eigenvalue weighted by Crippen LogP contribution is -2.35. The van der Waals surface area contributed by atoms with E-state index in [1.54, 1.807) is 18.2 Å². The number of hydrogen-bond donors (Lipinski definition) is 1. The summed E-state index contributed by atoms with van der Waals surface area (Å²) in [5, 5.41) is 9.16. The van der Waals surface area contributed by atoms with Gasteiger partial charge in [0.2, 0.25) is 10.0 Å². The fourth-order valence-corrected chi connectivity index (χ4v) is 3.55. The van der Waals surface area contributed by atoms with Crippen LogP contribution in [-0.2, 0) is 24.3 Å². The monoisotopic (exact) mass is 299 g/mol. The minimum atomic E-state index is -3.96. The van der Waals surface area contributed by atoms with E-state index < -0.39 is 33.6 Å². The summed E-state index contributed by atoms with van der Waals surface area (Å²) in [4.78, 5) is 22.4. The second-order valence-electron chi connectivity index (χ2n) is 4.31. The molecule has 0 saturated carbocycles. The van der Waals surface area contributed by atoms with Crippen molar-refractivity contribution in [2.24, 2.45) is 0 Å². The number of anilines is 1. The van der Waals surface area contributed by atoms with E-state index in [0.717, 1.165) is 11.4 Å². The Morgan fingerprint density at radius 3 is 2.65 bits per heavy atom. The minimum Gasteiger partial charge on any atom is -0.481 e. The summed E-state index contributed by atoms with van der Waals surface area (Å²) in [7, 11) is -2.86. The molecule has 0 aromatic heterocycles. The number of fused-ring (bicyclic) bond motifs is 1. The van der Waals surface area contributed by atoms with E-state index in [4.69, 9.17) is 5.11 Å². The number of aliphatic carboxylic acids is 1. The number of rotatable bonds is 4. The van der Waals surface area contributed by atoms with Crippen molar-refractivity contribution in [3.8, 4) is 0 Å². The van der Waals surface area contributed by atoms with Gasteiger partial charge in [0.15, 0.2) is 5.75 Å². The smallest absolute Gasteiger partial charge is 0.322 e. The second-order valence-corrected chi connectivity index (χ2v) is 6.21. The molecule has 20 heavy (non-hydrogen) atoms. The van der Waals surface area contributed by atoms with Crippen LogP contribution < -0.4 is 4.31 Å². The summed E-state index contributed by atoms with van der Waals surface area (Å²) in [6.45, 7) is -0.214. The zero-order valence-corrected chi connectivity index (χ0v) is 11.5. The minimum absolute atomic E-state index is 0.214. The van der Waals surface area contributed by atoms with Gasteiger partial charge in [0.25, 0.3) is 0 Å². The molecular weight excluding hydrogens is 286 g/mol. The highest BCUT2D eigenvalue weighted by Gasteiger charge is 2.39. The molecule has 1 N–H and O–H groups in total. The van der Waals surface area contributed by atoms with E-state index in [2.05, 4.69) is 4.74 Å². The van der Waals surface area contributed by atoms with Crippen LogP contribution in [0, 0.1) is 0 Å². The van der Waals surface area contributed by atoms with Crippen molar-refractivity contribution >= 4 is 27.6 Å². The molecule has 8 heteroatoms. The SMILES string of the molecule is COC(=O)CS(=O)(=O)N1CC(C(=O)O)c2ccccc21. The Bertz CT molecular complexity index is 654. The number of carboxylic acid groups (broad SMARTS) is 1. The average molecular weight is 299 g/mol. The molecule has 0 fully saturated rings. The Hall–Kier alpha value is -2.09. The quantitative estimate of drug-likeness (QED) is 0.796. The number of hydrogen-bond acceptors (Lipinski definition) is 5. The lowest BCUT2D eigenvalue weighted by atomic mass is 10.0. The Kier molecular flexibility index (Phi) is 3.67. The van der Waals surface area contributed by atoms with Crippen LogP contribution >= 0.6 is 0 Å². The van der Waals surface area contributed by atoms with Crippen LogP contribution in [0.15, 0.2) is 24.3 Å². The number of para-hydroxylation sites is 1. The Morgan fingerprint density at radius 1 is 1.40 bits per heavy atom. The van der Waals surface area contributed by atoms with Crippen LogP contribution in [0.4, 0.5) is 5.69 Å². The van der Waals surface area contributed by atoms with Gasteiger partial charge in [0.05, 0.1) is 19.3 Å². The number of carboxylic acids is 1. The van der Waals surface area contributed by atoms with Gasteiger partial charge < -0.3 is 9.84 Å². The van der Waals surface area contributed by atoms with Gasteiger partial charge in [0.1, 0.15) is 5.92 Å². The summed E-state index contributed by atoms with van der Waals surface area (Å²) >= 11 is 0. The fourth-order valence-electron chi connectivity index (χ4n) is 2.13. The zero-order chi connectivity index (χ0) is 14.9. The Morgan fingerprint density at radius 2 is 2.05 bits per heavy atom. The van der Waals surface area contributed by atoms with Crippen molar-refractivity contribution in [3.63, 3.8) is 0 Å². The highest BCUT2D eigenvalue weighted by atomic mass is 32.2. The molecule has 0 radical (unpaired) electrons. The van der Waals surface area contributed by atoms with Gasteiger partial charge in [-0.25, -0.2) is 8.42 Å². The molecule has 7 nitrogen and oxygen atoms in total. The Balaban J connectivity index is 2.40. The summed E-state index contributed by atoms with van der Waals surface area (Å²) in [5.74, 6) is -3.74. The van der Waals surface area contributed by atoms with Crippen LogP contribution in [0.2, 0.25) is 0 Å². The second kappa shape index (κ2) is 5.12. The molecule has 0 spiro atoms. The van der Waals surface area contributed by atoms with Crippen LogP contribution in [0.5, 0.6) is 0 Å². The fraction of sp³-hybridized carbons (Fsp3) is 0.333. The molecule has 0 bridgehead atoms. The van der Waals surface area contributed by atoms with E-state index in [1.165, 1.54) is 6.07 Å². The van der Waals surface area contributed by atoms with Gasteiger partial charge >= 0.3 is 11.9 Å². The van der Waals surface area contributed by atoms with Crippen molar-refractivity contribution in [2.45, 2.75) is 5.92 Å². The number of nitrogens with zero attached hydrogens (tertiary/aromatic N) is 1.